The highest BCUT2D eigenvalue weighted by Crippen LogP contribution is 2.17. The molecule has 0 spiro atoms. The molecule has 0 aromatic heterocycles. The Hall–Kier alpha value is -1.88. The van der Waals surface area contributed by atoms with Crippen LogP contribution in [0.15, 0.2) is 30.4 Å². The summed E-state index contributed by atoms with van der Waals surface area (Å²) in [5.74, 6) is -0.474. The van der Waals surface area contributed by atoms with Gasteiger partial charge < -0.3 is 14.8 Å². The molecule has 1 aromatic carbocycles. The number of nitrogens with one attached hydrogen (secondary N) is 1. The fraction of sp³-hybridized carbons (Fsp3) is 0.400. The summed E-state index contributed by atoms with van der Waals surface area (Å²) < 4.78 is 23.5. The molecule has 0 atom stereocenters. The minimum absolute atomic E-state index is 0.126. The molecule has 0 aliphatic carbocycles. The quantitative estimate of drug-likeness (QED) is 0.586. The normalized spacial score (nSPS) is 10.2. The third kappa shape index (κ3) is 5.84. The molecule has 0 unspecified atom stereocenters. The highest BCUT2D eigenvalue weighted by molar-refractivity contribution is 5.78. The summed E-state index contributed by atoms with van der Waals surface area (Å²) >= 11 is 0. The molecule has 0 saturated carbocycles. The van der Waals surface area contributed by atoms with E-state index in [4.69, 9.17) is 9.47 Å². The van der Waals surface area contributed by atoms with Crippen LogP contribution in [0.4, 0.5) is 4.39 Å². The Bertz CT molecular complexity index is 474. The topological polar surface area (TPSA) is 47.6 Å². The van der Waals surface area contributed by atoms with E-state index in [1.54, 1.807) is 6.07 Å². The standard InChI is InChI=1S/C15H20FNO3/c1-11(2)10-20-7-6-17-15(18)9-12-4-5-14(19-3)13(16)8-12/h4-5,8H,1,6-7,9-10H2,2-3H3,(H,17,18). The van der Waals surface area contributed by atoms with Crippen molar-refractivity contribution in [3.8, 4) is 5.75 Å². The summed E-state index contributed by atoms with van der Waals surface area (Å²) in [4.78, 5) is 11.6. The van der Waals surface area contributed by atoms with E-state index in [2.05, 4.69) is 11.9 Å². The molecule has 0 radical (unpaired) electrons. The molecule has 0 aliphatic heterocycles. The van der Waals surface area contributed by atoms with E-state index < -0.39 is 5.82 Å². The van der Waals surface area contributed by atoms with Crippen LogP contribution in [0.1, 0.15) is 12.5 Å². The number of carbonyl (C=O) groups excluding carboxylic acids is 1. The van der Waals surface area contributed by atoms with Crippen LogP contribution in [0.2, 0.25) is 0 Å². The van der Waals surface area contributed by atoms with Gasteiger partial charge in [0.15, 0.2) is 11.6 Å². The number of amides is 1. The molecular formula is C15H20FNO3. The van der Waals surface area contributed by atoms with E-state index >= 15 is 0 Å². The molecule has 0 saturated heterocycles. The molecule has 1 amide bonds. The average molecular weight is 281 g/mol. The molecule has 110 valence electrons. The van der Waals surface area contributed by atoms with Gasteiger partial charge in [0.05, 0.1) is 26.7 Å². The average Bonchev–Trinajstić information content (AvgIpc) is 2.38. The van der Waals surface area contributed by atoms with Crippen LogP contribution < -0.4 is 10.1 Å². The van der Waals surface area contributed by atoms with Crippen LogP contribution in [0.5, 0.6) is 5.75 Å². The van der Waals surface area contributed by atoms with Crippen LogP contribution in [-0.2, 0) is 16.0 Å². The van der Waals surface area contributed by atoms with Crippen LogP contribution >= 0.6 is 0 Å². The van der Waals surface area contributed by atoms with Crippen molar-refractivity contribution in [2.75, 3.05) is 26.9 Å². The lowest BCUT2D eigenvalue weighted by atomic mass is 10.1. The number of rotatable bonds is 8. The molecule has 1 N–H and O–H groups in total. The predicted octanol–water partition coefficient (Wildman–Crippen LogP) is 2.09. The van der Waals surface area contributed by atoms with Crippen LogP contribution in [-0.4, -0.2) is 32.8 Å². The van der Waals surface area contributed by atoms with Gasteiger partial charge in [-0.1, -0.05) is 18.2 Å². The van der Waals surface area contributed by atoms with E-state index in [0.717, 1.165) is 5.57 Å². The molecule has 20 heavy (non-hydrogen) atoms. The highest BCUT2D eigenvalue weighted by Gasteiger charge is 2.07. The van der Waals surface area contributed by atoms with Gasteiger partial charge in [0.25, 0.3) is 0 Å². The molecule has 1 aromatic rings. The summed E-state index contributed by atoms with van der Waals surface area (Å²) in [5.41, 5.74) is 1.54. The van der Waals surface area contributed by atoms with Gasteiger partial charge >= 0.3 is 0 Å². The second kappa shape index (κ2) is 8.32. The lowest BCUT2D eigenvalue weighted by molar-refractivity contribution is -0.120. The van der Waals surface area contributed by atoms with Crippen LogP contribution in [0.25, 0.3) is 0 Å². The summed E-state index contributed by atoms with van der Waals surface area (Å²) in [5, 5.41) is 2.71. The Morgan fingerprint density at radius 3 is 2.80 bits per heavy atom. The first-order valence-corrected chi connectivity index (χ1v) is 6.34. The Labute approximate surface area is 118 Å². The van der Waals surface area contributed by atoms with Gasteiger partial charge in [-0.2, -0.15) is 0 Å². The molecule has 0 bridgehead atoms. The molecule has 0 heterocycles. The van der Waals surface area contributed by atoms with Crippen molar-refractivity contribution < 1.29 is 18.7 Å². The van der Waals surface area contributed by atoms with Gasteiger partial charge in [-0.05, 0) is 24.6 Å². The van der Waals surface area contributed by atoms with Crippen molar-refractivity contribution in [2.24, 2.45) is 0 Å². The van der Waals surface area contributed by atoms with Crippen molar-refractivity contribution in [1.82, 2.24) is 5.32 Å². The van der Waals surface area contributed by atoms with E-state index in [0.29, 0.717) is 25.3 Å². The Morgan fingerprint density at radius 2 is 2.20 bits per heavy atom. The van der Waals surface area contributed by atoms with E-state index in [1.165, 1.54) is 19.2 Å². The molecular weight excluding hydrogens is 261 g/mol. The van der Waals surface area contributed by atoms with Crippen molar-refractivity contribution in [2.45, 2.75) is 13.3 Å². The maximum Gasteiger partial charge on any atom is 0.224 e. The molecule has 0 aliphatic rings. The predicted molar refractivity (Wildman–Crippen MR) is 75.3 cm³/mol. The van der Waals surface area contributed by atoms with Crippen molar-refractivity contribution in [1.29, 1.82) is 0 Å². The van der Waals surface area contributed by atoms with Crippen molar-refractivity contribution in [3.05, 3.63) is 41.7 Å². The minimum Gasteiger partial charge on any atom is -0.494 e. The van der Waals surface area contributed by atoms with Crippen LogP contribution in [0, 0.1) is 5.82 Å². The fourth-order valence-corrected chi connectivity index (χ4v) is 1.58. The number of ether oxygens (including phenoxy) is 2. The number of halogens is 1. The fourth-order valence-electron chi connectivity index (χ4n) is 1.58. The van der Waals surface area contributed by atoms with Crippen molar-refractivity contribution in [3.63, 3.8) is 0 Å². The van der Waals surface area contributed by atoms with Gasteiger partial charge in [-0.25, -0.2) is 4.39 Å². The largest absolute Gasteiger partial charge is 0.494 e. The van der Waals surface area contributed by atoms with Gasteiger partial charge in [-0.3, -0.25) is 4.79 Å². The van der Waals surface area contributed by atoms with Crippen molar-refractivity contribution >= 4 is 5.91 Å². The lowest BCUT2D eigenvalue weighted by Gasteiger charge is -2.07. The summed E-state index contributed by atoms with van der Waals surface area (Å²) in [6.45, 7) is 6.91. The first-order valence-electron chi connectivity index (χ1n) is 6.34. The second-order valence-corrected chi connectivity index (χ2v) is 4.51. The smallest absolute Gasteiger partial charge is 0.224 e. The number of carbonyl (C=O) groups is 1. The Balaban J connectivity index is 2.31. The molecule has 4 nitrogen and oxygen atoms in total. The maximum atomic E-state index is 13.4. The van der Waals surface area contributed by atoms with Gasteiger partial charge in [0.2, 0.25) is 5.91 Å². The number of hydrogen-bond donors (Lipinski definition) is 1. The monoisotopic (exact) mass is 281 g/mol. The summed E-state index contributed by atoms with van der Waals surface area (Å²) in [6.07, 6.45) is 0.126. The Kier molecular flexibility index (Phi) is 6.73. The zero-order valence-corrected chi connectivity index (χ0v) is 11.9. The Morgan fingerprint density at radius 1 is 1.45 bits per heavy atom. The van der Waals surface area contributed by atoms with Gasteiger partial charge in [0.1, 0.15) is 0 Å². The summed E-state index contributed by atoms with van der Waals surface area (Å²) in [7, 11) is 1.40. The highest BCUT2D eigenvalue weighted by atomic mass is 19.1. The minimum atomic E-state index is -0.470. The number of benzene rings is 1. The molecule has 0 fully saturated rings. The summed E-state index contributed by atoms with van der Waals surface area (Å²) in [6, 6.07) is 4.48. The zero-order chi connectivity index (χ0) is 15.0. The van der Waals surface area contributed by atoms with E-state index in [9.17, 15) is 9.18 Å². The maximum absolute atomic E-state index is 13.4. The first kappa shape index (κ1) is 16.2. The molecule has 5 heteroatoms. The number of hydrogen-bond acceptors (Lipinski definition) is 3. The van der Waals surface area contributed by atoms with E-state index in [1.807, 2.05) is 6.92 Å². The second-order valence-electron chi connectivity index (χ2n) is 4.51. The SMILES string of the molecule is C=C(C)COCCNC(=O)Cc1ccc(OC)c(F)c1. The zero-order valence-electron chi connectivity index (χ0n) is 11.9. The first-order chi connectivity index (χ1) is 9.52. The van der Waals surface area contributed by atoms with E-state index in [-0.39, 0.29) is 18.1 Å². The molecule has 1 rings (SSSR count). The van der Waals surface area contributed by atoms with Crippen LogP contribution in [0.3, 0.4) is 0 Å². The van der Waals surface area contributed by atoms with Gasteiger partial charge in [-0.15, -0.1) is 0 Å². The third-order valence-electron chi connectivity index (χ3n) is 2.50. The van der Waals surface area contributed by atoms with Gasteiger partial charge in [0, 0.05) is 6.54 Å². The lowest BCUT2D eigenvalue weighted by Crippen LogP contribution is -2.28. The third-order valence-corrected chi connectivity index (χ3v) is 2.50. The number of methoxy groups -OCH3 is 1.